The minimum absolute atomic E-state index is 0.125. The molecule has 1 N–H and O–H groups in total. The molecule has 1 aromatic carbocycles. The van der Waals surface area contributed by atoms with Crippen molar-refractivity contribution in [2.24, 2.45) is 5.10 Å². The summed E-state index contributed by atoms with van der Waals surface area (Å²) in [5.74, 6) is 0.655. The second kappa shape index (κ2) is 7.12. The predicted octanol–water partition coefficient (Wildman–Crippen LogP) is 5.09. The molecule has 0 saturated carbocycles. The molecule has 1 amide bonds. The second-order valence-electron chi connectivity index (χ2n) is 4.61. The number of hydrazone groups is 1. The molecule has 3 aromatic rings. The molecule has 0 atom stereocenters. The van der Waals surface area contributed by atoms with Gasteiger partial charge in [-0.3, -0.25) is 4.79 Å². The normalized spacial score (nSPS) is 11.3. The van der Waals surface area contributed by atoms with E-state index in [1.807, 2.05) is 6.07 Å². The van der Waals surface area contributed by atoms with E-state index in [1.165, 1.54) is 13.3 Å². The highest BCUT2D eigenvalue weighted by molar-refractivity contribution is 9.13. The molecule has 24 heavy (non-hydrogen) atoms. The molecule has 0 aliphatic carbocycles. The number of hydrogen-bond donors (Lipinski definition) is 1. The second-order valence-corrected chi connectivity index (χ2v) is 7.10. The summed E-state index contributed by atoms with van der Waals surface area (Å²) in [7, 11) is 1.54. The average molecular weight is 521 g/mol. The minimum atomic E-state index is -0.481. The molecule has 0 spiro atoms. The molecule has 0 radical (unpaired) electrons. The lowest BCUT2D eigenvalue weighted by molar-refractivity contribution is 0.0929. The van der Waals surface area contributed by atoms with E-state index in [9.17, 15) is 4.79 Å². The Hall–Kier alpha value is -1.58. The Kier molecular flexibility index (Phi) is 5.12. The van der Waals surface area contributed by atoms with Crippen LogP contribution in [0.25, 0.3) is 11.0 Å². The van der Waals surface area contributed by atoms with E-state index in [4.69, 9.17) is 13.6 Å². The van der Waals surface area contributed by atoms with Crippen LogP contribution >= 0.6 is 47.8 Å². The topological polar surface area (TPSA) is 77.0 Å². The number of rotatable bonds is 4. The van der Waals surface area contributed by atoms with Crippen LogP contribution in [0.3, 0.4) is 0 Å². The Morgan fingerprint density at radius 1 is 1.21 bits per heavy atom. The number of fused-ring (bicyclic) bond motifs is 1. The zero-order valence-corrected chi connectivity index (χ0v) is 16.9. The lowest BCUT2D eigenvalue weighted by Gasteiger charge is -2.00. The summed E-state index contributed by atoms with van der Waals surface area (Å²) in [5.41, 5.74) is 2.88. The number of nitrogens with zero attached hydrogens (tertiary/aromatic N) is 1. The van der Waals surface area contributed by atoms with Gasteiger partial charge >= 0.3 is 5.91 Å². The summed E-state index contributed by atoms with van der Waals surface area (Å²) in [6, 6.07) is 6.93. The smallest absolute Gasteiger partial charge is 0.307 e. The number of nitrogens with one attached hydrogen (secondary N) is 1. The van der Waals surface area contributed by atoms with Crippen LogP contribution in [-0.4, -0.2) is 19.2 Å². The highest BCUT2D eigenvalue weighted by atomic mass is 79.9. The first-order valence-electron chi connectivity index (χ1n) is 6.53. The van der Waals surface area contributed by atoms with E-state index >= 15 is 0 Å². The lowest BCUT2D eigenvalue weighted by Crippen LogP contribution is -2.16. The third-order valence-electron chi connectivity index (χ3n) is 3.01. The summed E-state index contributed by atoms with van der Waals surface area (Å²) in [6.07, 6.45) is 1.38. The first-order valence-corrected chi connectivity index (χ1v) is 8.91. The van der Waals surface area contributed by atoms with Gasteiger partial charge in [-0.05, 0) is 50.1 Å². The van der Waals surface area contributed by atoms with Gasteiger partial charge in [0, 0.05) is 15.9 Å². The van der Waals surface area contributed by atoms with Crippen LogP contribution in [0.1, 0.15) is 16.3 Å². The summed E-state index contributed by atoms with van der Waals surface area (Å²) in [6.45, 7) is 0. The molecule has 0 aliphatic heterocycles. The summed E-state index contributed by atoms with van der Waals surface area (Å²) in [4.78, 5) is 12.1. The van der Waals surface area contributed by atoms with Crippen LogP contribution < -0.4 is 10.2 Å². The number of halogens is 3. The molecule has 6 nitrogen and oxygen atoms in total. The Balaban J connectivity index is 1.78. The van der Waals surface area contributed by atoms with Gasteiger partial charge in [0.15, 0.2) is 21.8 Å². The van der Waals surface area contributed by atoms with Gasteiger partial charge in [-0.1, -0.05) is 15.9 Å². The van der Waals surface area contributed by atoms with Gasteiger partial charge in [0.05, 0.1) is 17.8 Å². The van der Waals surface area contributed by atoms with Gasteiger partial charge in [0.1, 0.15) is 5.76 Å². The maximum Gasteiger partial charge on any atom is 0.307 e. The Bertz CT molecular complexity index is 926. The number of furan rings is 2. The van der Waals surface area contributed by atoms with E-state index in [1.54, 1.807) is 18.2 Å². The molecule has 3 rings (SSSR count). The predicted molar refractivity (Wildman–Crippen MR) is 99.6 cm³/mol. The van der Waals surface area contributed by atoms with Crippen molar-refractivity contribution in [2.45, 2.75) is 0 Å². The number of methoxy groups -OCH3 is 1. The van der Waals surface area contributed by atoms with E-state index in [-0.39, 0.29) is 5.76 Å². The molecule has 0 unspecified atom stereocenters. The minimum Gasteiger partial charge on any atom is -0.493 e. The number of amides is 1. The average Bonchev–Trinajstić information content (AvgIpc) is 3.10. The van der Waals surface area contributed by atoms with E-state index in [0.717, 1.165) is 14.3 Å². The molecule has 0 saturated heterocycles. The Morgan fingerprint density at radius 3 is 2.67 bits per heavy atom. The monoisotopic (exact) mass is 518 g/mol. The van der Waals surface area contributed by atoms with Crippen molar-refractivity contribution in [3.63, 3.8) is 0 Å². The molecule has 2 aromatic heterocycles. The SMILES string of the molecule is COc1cc(Br)cc2cc(C(=O)N/N=C\c3cc(Br)c(Br)o3)oc12. The fraction of sp³-hybridized carbons (Fsp3) is 0.0667. The number of benzene rings is 1. The molecular weight excluding hydrogens is 512 g/mol. The molecular formula is C15H9Br3N2O4. The molecule has 9 heteroatoms. The fourth-order valence-corrected chi connectivity index (χ4v) is 3.05. The fourth-order valence-electron chi connectivity index (χ4n) is 1.99. The molecule has 0 aliphatic rings. The summed E-state index contributed by atoms with van der Waals surface area (Å²) >= 11 is 9.89. The maximum absolute atomic E-state index is 12.1. The summed E-state index contributed by atoms with van der Waals surface area (Å²) in [5, 5.41) is 4.59. The van der Waals surface area contributed by atoms with Gasteiger partial charge in [-0.25, -0.2) is 5.43 Å². The first kappa shape index (κ1) is 17.2. The van der Waals surface area contributed by atoms with Crippen molar-refractivity contribution in [3.05, 3.63) is 49.4 Å². The number of carbonyl (C=O) groups excluding carboxylic acids is 1. The molecule has 2 heterocycles. The van der Waals surface area contributed by atoms with E-state index in [0.29, 0.717) is 21.8 Å². The highest BCUT2D eigenvalue weighted by Gasteiger charge is 2.15. The third kappa shape index (κ3) is 3.57. The lowest BCUT2D eigenvalue weighted by atomic mass is 10.2. The van der Waals surface area contributed by atoms with Crippen LogP contribution in [0.5, 0.6) is 5.75 Å². The maximum atomic E-state index is 12.1. The van der Waals surface area contributed by atoms with Crippen molar-refractivity contribution in [1.29, 1.82) is 0 Å². The van der Waals surface area contributed by atoms with Crippen molar-refractivity contribution in [1.82, 2.24) is 5.43 Å². The van der Waals surface area contributed by atoms with Crippen molar-refractivity contribution in [2.75, 3.05) is 7.11 Å². The number of carbonyl (C=O) groups is 1. The van der Waals surface area contributed by atoms with E-state index in [2.05, 4.69) is 58.3 Å². The van der Waals surface area contributed by atoms with Gasteiger partial charge in [-0.2, -0.15) is 5.10 Å². The quantitative estimate of drug-likeness (QED) is 0.384. The highest BCUT2D eigenvalue weighted by Crippen LogP contribution is 2.32. The third-order valence-corrected chi connectivity index (χ3v) is 5.18. The zero-order chi connectivity index (χ0) is 17.3. The van der Waals surface area contributed by atoms with Crippen LogP contribution in [0.4, 0.5) is 0 Å². The van der Waals surface area contributed by atoms with Gasteiger partial charge in [0.25, 0.3) is 0 Å². The molecule has 0 bridgehead atoms. The van der Waals surface area contributed by atoms with Crippen LogP contribution in [0.15, 0.2) is 51.8 Å². The number of ether oxygens (including phenoxy) is 1. The van der Waals surface area contributed by atoms with Crippen LogP contribution in [0.2, 0.25) is 0 Å². The molecule has 0 fully saturated rings. The van der Waals surface area contributed by atoms with Gasteiger partial charge in [0.2, 0.25) is 0 Å². The zero-order valence-electron chi connectivity index (χ0n) is 12.1. The Labute approximate surface area is 161 Å². The van der Waals surface area contributed by atoms with Crippen molar-refractivity contribution >= 4 is 70.9 Å². The largest absolute Gasteiger partial charge is 0.493 e. The van der Waals surface area contributed by atoms with Gasteiger partial charge in [-0.15, -0.1) is 0 Å². The standard InChI is InChI=1S/C15H9Br3N2O4/c1-22-11-4-8(16)2-7-3-12(24-13(7)11)15(21)20-19-6-9-5-10(17)14(18)23-9/h2-6H,1H3,(H,20,21)/b19-6-. The van der Waals surface area contributed by atoms with Crippen LogP contribution in [-0.2, 0) is 0 Å². The van der Waals surface area contributed by atoms with Crippen molar-refractivity contribution < 1.29 is 18.4 Å². The Morgan fingerprint density at radius 2 is 2.00 bits per heavy atom. The van der Waals surface area contributed by atoms with Crippen LogP contribution in [0, 0.1) is 0 Å². The molecule has 124 valence electrons. The first-order chi connectivity index (χ1) is 11.5. The van der Waals surface area contributed by atoms with Gasteiger partial charge < -0.3 is 13.6 Å². The number of hydrogen-bond acceptors (Lipinski definition) is 5. The van der Waals surface area contributed by atoms with Crippen molar-refractivity contribution in [3.8, 4) is 5.75 Å². The van der Waals surface area contributed by atoms with E-state index < -0.39 is 5.91 Å². The summed E-state index contributed by atoms with van der Waals surface area (Å²) < 4.78 is 18.3.